The Morgan fingerprint density at radius 1 is 0.268 bits per heavy atom. The zero-order chi connectivity index (χ0) is 47.4. The van der Waals surface area contributed by atoms with Gasteiger partial charge in [0.1, 0.15) is 23.0 Å². The Hall–Kier alpha value is -8.46. The summed E-state index contributed by atoms with van der Waals surface area (Å²) in [5.41, 5.74) is 21.1. The highest BCUT2D eigenvalue weighted by atomic mass is 16.5. The smallest absolute Gasteiger partial charge is 0.139 e. The lowest BCUT2D eigenvalue weighted by Gasteiger charge is -2.35. The highest BCUT2D eigenvalue weighted by Gasteiger charge is 2.53. The van der Waals surface area contributed by atoms with Gasteiger partial charge in [-0.3, -0.25) is 0 Å². The van der Waals surface area contributed by atoms with E-state index < -0.39 is 5.41 Å². The van der Waals surface area contributed by atoms with E-state index in [0.717, 1.165) is 45.3 Å². The molecule has 0 unspecified atom stereocenters. The third-order valence-corrected chi connectivity index (χ3v) is 16.8. The first kappa shape index (κ1) is 40.4. The standard InChI is InChI=1S/C69H48O2/c1-67(2)57-34-11-13-38-61(57)70-65-49(28-18-36-59(65)67)41-23-15-25-46-52(41)40-53-42(50-29-19-37-60-66(50)71-62-39-14-12-35-58(62)68(60,3)4)24-16-26-47(53)63(46)51-30-17-27-48-45-22-7-10-33-56(45)69(64(48)51)54-31-8-5-20-43(54)44-21-6-9-32-55(44)69/h5-40H,1-4H3. The second kappa shape index (κ2) is 14.3. The number of para-hydroxylation sites is 4. The van der Waals surface area contributed by atoms with Crippen LogP contribution in [0.2, 0.25) is 0 Å². The third-order valence-electron chi connectivity index (χ3n) is 16.8. The number of hydrogen-bond acceptors (Lipinski definition) is 2. The topological polar surface area (TPSA) is 18.5 Å². The Labute approximate surface area is 414 Å². The van der Waals surface area contributed by atoms with Crippen LogP contribution in [0.15, 0.2) is 218 Å². The molecule has 2 aliphatic heterocycles. The summed E-state index contributed by atoms with van der Waals surface area (Å²) in [6.45, 7) is 9.29. The van der Waals surface area contributed by atoms with Gasteiger partial charge in [-0.1, -0.05) is 228 Å². The van der Waals surface area contributed by atoms with E-state index in [1.54, 1.807) is 0 Å². The zero-order valence-electron chi connectivity index (χ0n) is 40.1. The van der Waals surface area contributed by atoms with Crippen LogP contribution >= 0.6 is 0 Å². The number of benzene rings is 11. The fourth-order valence-corrected chi connectivity index (χ4v) is 13.6. The van der Waals surface area contributed by atoms with Crippen LogP contribution in [0.3, 0.4) is 0 Å². The van der Waals surface area contributed by atoms with Crippen LogP contribution in [-0.4, -0.2) is 0 Å². The first-order chi connectivity index (χ1) is 34.8. The summed E-state index contributed by atoms with van der Waals surface area (Å²) in [5.74, 6) is 3.65. The van der Waals surface area contributed by atoms with Gasteiger partial charge in [-0.2, -0.15) is 0 Å². The number of fused-ring (bicyclic) bond motifs is 16. The highest BCUT2D eigenvalue weighted by molar-refractivity contribution is 6.20. The normalized spacial score (nSPS) is 15.3. The van der Waals surface area contributed by atoms with Crippen LogP contribution < -0.4 is 9.47 Å². The van der Waals surface area contributed by atoms with Crippen molar-refractivity contribution in [3.8, 4) is 78.6 Å². The van der Waals surface area contributed by atoms with Gasteiger partial charge in [0.05, 0.1) is 5.41 Å². The van der Waals surface area contributed by atoms with Gasteiger partial charge in [0.15, 0.2) is 0 Å². The van der Waals surface area contributed by atoms with Crippen LogP contribution in [0.1, 0.15) is 72.2 Å². The fourth-order valence-electron chi connectivity index (χ4n) is 13.6. The molecule has 2 nitrogen and oxygen atoms in total. The molecule has 11 aromatic carbocycles. The molecule has 2 aliphatic carbocycles. The fraction of sp³-hybridized carbons (Fsp3) is 0.101. The minimum atomic E-state index is -0.546. The maximum atomic E-state index is 7.06. The maximum Gasteiger partial charge on any atom is 0.139 e. The molecule has 0 amide bonds. The van der Waals surface area contributed by atoms with Gasteiger partial charge in [-0.15, -0.1) is 0 Å². The molecule has 2 heterocycles. The van der Waals surface area contributed by atoms with Crippen molar-refractivity contribution in [2.45, 2.75) is 43.9 Å². The number of hydrogen-bond donors (Lipinski definition) is 0. The van der Waals surface area contributed by atoms with E-state index in [9.17, 15) is 0 Å². The predicted octanol–water partition coefficient (Wildman–Crippen LogP) is 18.2. The molecule has 0 saturated heterocycles. The lowest BCUT2D eigenvalue weighted by Crippen LogP contribution is -2.26. The largest absolute Gasteiger partial charge is 0.456 e. The molecule has 0 atom stereocenters. The van der Waals surface area contributed by atoms with Crippen molar-refractivity contribution in [1.29, 1.82) is 0 Å². The van der Waals surface area contributed by atoms with Gasteiger partial charge in [0.2, 0.25) is 0 Å². The van der Waals surface area contributed by atoms with Crippen molar-refractivity contribution < 1.29 is 9.47 Å². The van der Waals surface area contributed by atoms with Crippen LogP contribution in [0.5, 0.6) is 23.0 Å². The van der Waals surface area contributed by atoms with Crippen molar-refractivity contribution in [3.05, 3.63) is 263 Å². The molecule has 11 aromatic rings. The molecule has 15 rings (SSSR count). The summed E-state index contributed by atoms with van der Waals surface area (Å²) in [6.07, 6.45) is 0. The Balaban J connectivity index is 1.08. The first-order valence-electron chi connectivity index (χ1n) is 25.0. The second-order valence-corrected chi connectivity index (χ2v) is 21.0. The Kier molecular flexibility index (Phi) is 8.15. The summed E-state index contributed by atoms with van der Waals surface area (Å²) in [4.78, 5) is 0. The maximum absolute atomic E-state index is 7.06. The molecule has 0 bridgehead atoms. The van der Waals surface area contributed by atoms with Gasteiger partial charge < -0.3 is 9.47 Å². The van der Waals surface area contributed by atoms with Crippen molar-refractivity contribution in [3.63, 3.8) is 0 Å². The average Bonchev–Trinajstić information content (AvgIpc) is 3.88. The molecule has 0 radical (unpaired) electrons. The SMILES string of the molecule is CC1(C)c2ccccc2Oc2c(-c3cccc4c(-c5cccc6c5C5(c7ccccc7-c7ccccc75)c5ccccc5-6)c5cccc(-c6cccc7c6Oc6ccccc6C7(C)C)c5cc34)cccc21. The van der Waals surface area contributed by atoms with Crippen molar-refractivity contribution >= 4 is 21.5 Å². The lowest BCUT2D eigenvalue weighted by atomic mass is 9.68. The van der Waals surface area contributed by atoms with Crippen molar-refractivity contribution in [2.24, 2.45) is 0 Å². The monoisotopic (exact) mass is 908 g/mol. The van der Waals surface area contributed by atoms with Crippen molar-refractivity contribution in [2.75, 3.05) is 0 Å². The molecular formula is C69H48O2. The zero-order valence-corrected chi connectivity index (χ0v) is 40.1. The predicted molar refractivity (Wildman–Crippen MR) is 291 cm³/mol. The summed E-state index contributed by atoms with van der Waals surface area (Å²) in [5, 5.41) is 4.73. The van der Waals surface area contributed by atoms with Gasteiger partial charge in [0.25, 0.3) is 0 Å². The Bertz CT molecular complexity index is 3900. The number of ether oxygens (including phenoxy) is 2. The lowest BCUT2D eigenvalue weighted by molar-refractivity contribution is 0.419. The minimum Gasteiger partial charge on any atom is -0.456 e. The van der Waals surface area contributed by atoms with E-state index in [0.29, 0.717) is 0 Å². The minimum absolute atomic E-state index is 0.267. The highest BCUT2D eigenvalue weighted by Crippen LogP contribution is 2.65. The average molecular weight is 909 g/mol. The van der Waals surface area contributed by atoms with Gasteiger partial charge >= 0.3 is 0 Å². The summed E-state index contributed by atoms with van der Waals surface area (Å²) in [6, 6.07) is 81.2. The van der Waals surface area contributed by atoms with Crippen LogP contribution in [-0.2, 0) is 16.2 Å². The second-order valence-electron chi connectivity index (χ2n) is 21.0. The molecule has 0 N–H and O–H groups in total. The molecule has 336 valence electrons. The van der Waals surface area contributed by atoms with Crippen LogP contribution in [0.25, 0.3) is 77.2 Å². The van der Waals surface area contributed by atoms with Crippen LogP contribution in [0, 0.1) is 0 Å². The van der Waals surface area contributed by atoms with Crippen molar-refractivity contribution in [1.82, 2.24) is 0 Å². The summed E-state index contributed by atoms with van der Waals surface area (Å²) >= 11 is 0. The molecule has 1 spiro atoms. The number of rotatable bonds is 3. The van der Waals surface area contributed by atoms with E-state index >= 15 is 0 Å². The van der Waals surface area contributed by atoms with Gasteiger partial charge in [0, 0.05) is 44.2 Å². The third kappa shape index (κ3) is 5.21. The molecule has 0 fully saturated rings. The molecule has 4 aliphatic rings. The first-order valence-corrected chi connectivity index (χ1v) is 25.0. The van der Waals surface area contributed by atoms with E-state index in [2.05, 4.69) is 246 Å². The molecule has 2 heteroatoms. The van der Waals surface area contributed by atoms with Gasteiger partial charge in [-0.05, 0) is 107 Å². The Morgan fingerprint density at radius 3 is 1.10 bits per heavy atom. The molecular weight excluding hydrogens is 861 g/mol. The van der Waals surface area contributed by atoms with Crippen LogP contribution in [0.4, 0.5) is 0 Å². The summed E-state index contributed by atoms with van der Waals surface area (Å²) in [7, 11) is 0. The summed E-state index contributed by atoms with van der Waals surface area (Å²) < 4.78 is 14.1. The Morgan fingerprint density at radius 2 is 0.606 bits per heavy atom. The van der Waals surface area contributed by atoms with E-state index in [1.165, 1.54) is 99.4 Å². The van der Waals surface area contributed by atoms with Gasteiger partial charge in [-0.25, -0.2) is 0 Å². The van der Waals surface area contributed by atoms with E-state index in [-0.39, 0.29) is 10.8 Å². The molecule has 0 aromatic heterocycles. The molecule has 71 heavy (non-hydrogen) atoms. The van der Waals surface area contributed by atoms with E-state index in [4.69, 9.17) is 9.47 Å². The molecule has 0 saturated carbocycles. The quantitative estimate of drug-likeness (QED) is 0.164. The van der Waals surface area contributed by atoms with E-state index in [1.807, 2.05) is 0 Å².